The lowest BCUT2D eigenvalue weighted by Crippen LogP contribution is -2.22. The first-order chi connectivity index (χ1) is 15.1. The molecule has 0 radical (unpaired) electrons. The fourth-order valence-corrected chi connectivity index (χ4v) is 4.84. The normalized spacial score (nSPS) is 15.3. The van der Waals surface area contributed by atoms with Crippen LogP contribution >= 0.6 is 11.3 Å². The van der Waals surface area contributed by atoms with Crippen molar-refractivity contribution in [2.75, 3.05) is 11.9 Å². The minimum absolute atomic E-state index is 0.186. The lowest BCUT2D eigenvalue weighted by atomic mass is 9.88. The van der Waals surface area contributed by atoms with Gasteiger partial charge in [0.25, 0.3) is 0 Å². The molecule has 3 aromatic heterocycles. The fourth-order valence-electron chi connectivity index (χ4n) is 3.52. The van der Waals surface area contributed by atoms with E-state index in [0.29, 0.717) is 17.2 Å². The quantitative estimate of drug-likeness (QED) is 0.608. The number of fused-ring (bicyclic) bond motifs is 1. The van der Waals surface area contributed by atoms with Gasteiger partial charge in [-0.1, -0.05) is 6.07 Å². The smallest absolute Gasteiger partial charge is 0.417 e. The highest BCUT2D eigenvalue weighted by Crippen LogP contribution is 2.39. The number of amides is 1. The van der Waals surface area contributed by atoms with Crippen molar-refractivity contribution < 1.29 is 14.3 Å². The number of nitriles is 1. The summed E-state index contributed by atoms with van der Waals surface area (Å²) in [4.78, 5) is 29.4. The number of carbonyl (C=O) groups is 2. The van der Waals surface area contributed by atoms with E-state index in [-0.39, 0.29) is 11.8 Å². The molecule has 1 aliphatic rings. The van der Waals surface area contributed by atoms with E-state index >= 15 is 0 Å². The monoisotopic (exact) mass is 432 g/mol. The third-order valence-corrected chi connectivity index (χ3v) is 6.26. The zero-order valence-corrected chi connectivity index (χ0v) is 17.5. The van der Waals surface area contributed by atoms with Crippen molar-refractivity contribution in [3.8, 4) is 6.07 Å². The minimum atomic E-state index is -0.395. The molecule has 1 amide bonds. The Bertz CT molecular complexity index is 1140. The van der Waals surface area contributed by atoms with E-state index < -0.39 is 6.09 Å². The molecule has 0 aromatic carbocycles. The Balaban J connectivity index is 1.40. The largest absolute Gasteiger partial charge is 0.449 e. The number of carbonyl (C=O) groups excluding carboxylic acids is 2. The van der Waals surface area contributed by atoms with Crippen LogP contribution in [0, 0.1) is 17.2 Å². The third kappa shape index (κ3) is 4.90. The average molecular weight is 433 g/mol. The number of nitrogens with zero attached hydrogens (tertiary/aromatic N) is 3. The molecule has 3 heterocycles. The van der Waals surface area contributed by atoms with E-state index in [0.717, 1.165) is 35.3 Å². The molecule has 0 spiro atoms. The molecule has 1 unspecified atom stereocenters. The Kier molecular flexibility index (Phi) is 6.24. The highest BCUT2D eigenvalue weighted by Gasteiger charge is 2.27. The van der Waals surface area contributed by atoms with Gasteiger partial charge in [0.15, 0.2) is 0 Å². The summed E-state index contributed by atoms with van der Waals surface area (Å²) in [6, 6.07) is 9.43. The molecular formula is C23H20N4O3S. The zero-order valence-electron chi connectivity index (χ0n) is 16.7. The summed E-state index contributed by atoms with van der Waals surface area (Å²) in [5.41, 5.74) is 2.35. The third-order valence-electron chi connectivity index (χ3n) is 5.09. The van der Waals surface area contributed by atoms with Gasteiger partial charge in [-0.15, -0.1) is 11.3 Å². The van der Waals surface area contributed by atoms with Crippen molar-refractivity contribution in [1.82, 2.24) is 9.55 Å². The number of hydrogen-bond donors (Lipinski definition) is 1. The molecule has 0 saturated heterocycles. The van der Waals surface area contributed by atoms with Crippen LogP contribution in [-0.4, -0.2) is 28.2 Å². The van der Waals surface area contributed by atoms with Gasteiger partial charge in [-0.2, -0.15) is 5.26 Å². The number of hydrogen-bond acceptors (Lipinski definition) is 6. The molecule has 1 aliphatic carbocycles. The van der Waals surface area contributed by atoms with Crippen LogP contribution in [0.15, 0.2) is 55.1 Å². The van der Waals surface area contributed by atoms with Gasteiger partial charge in [-0.05, 0) is 60.6 Å². The number of aromatic nitrogens is 2. The van der Waals surface area contributed by atoms with E-state index in [2.05, 4.69) is 16.4 Å². The van der Waals surface area contributed by atoms with Crippen LogP contribution in [0.5, 0.6) is 0 Å². The van der Waals surface area contributed by atoms with Gasteiger partial charge < -0.3 is 10.1 Å². The van der Waals surface area contributed by atoms with Crippen LogP contribution in [0.3, 0.4) is 0 Å². The average Bonchev–Trinajstić information content (AvgIpc) is 3.44. The standard InChI is InChI=1S/C23H20N4O3S/c24-13-19-18-7-5-17(15-30-23(29)27-10-1-2-11-27)12-20(18)31-22(19)26-21(28)8-6-16-4-3-9-25-14-16/h1-4,6,8-11,14,17H,5,7,12,15H2,(H,26,28). The van der Waals surface area contributed by atoms with Crippen molar-refractivity contribution in [1.29, 1.82) is 5.26 Å². The van der Waals surface area contributed by atoms with Crippen molar-refractivity contribution in [2.24, 2.45) is 5.92 Å². The number of anilines is 1. The van der Waals surface area contributed by atoms with Crippen molar-refractivity contribution in [3.63, 3.8) is 0 Å². The molecule has 0 bridgehead atoms. The molecule has 4 rings (SSSR count). The molecule has 0 saturated carbocycles. The van der Waals surface area contributed by atoms with Crippen LogP contribution < -0.4 is 5.32 Å². The van der Waals surface area contributed by atoms with Gasteiger partial charge in [-0.25, -0.2) is 4.79 Å². The topological polar surface area (TPSA) is 97.0 Å². The van der Waals surface area contributed by atoms with Crippen LogP contribution in [0.4, 0.5) is 9.80 Å². The van der Waals surface area contributed by atoms with E-state index in [9.17, 15) is 14.9 Å². The van der Waals surface area contributed by atoms with E-state index in [1.165, 1.54) is 22.0 Å². The van der Waals surface area contributed by atoms with E-state index in [1.807, 2.05) is 6.07 Å². The lowest BCUT2D eigenvalue weighted by molar-refractivity contribution is -0.111. The Morgan fingerprint density at radius 3 is 2.94 bits per heavy atom. The van der Waals surface area contributed by atoms with Gasteiger partial charge >= 0.3 is 6.09 Å². The molecular weight excluding hydrogens is 412 g/mol. The summed E-state index contributed by atoms with van der Waals surface area (Å²) in [5, 5.41) is 13.0. The number of pyridine rings is 1. The van der Waals surface area contributed by atoms with Crippen LogP contribution in [0.2, 0.25) is 0 Å². The molecule has 1 atom stereocenters. The first-order valence-electron chi connectivity index (χ1n) is 9.88. The second-order valence-corrected chi connectivity index (χ2v) is 8.31. The lowest BCUT2D eigenvalue weighted by Gasteiger charge is -2.21. The molecule has 31 heavy (non-hydrogen) atoms. The molecule has 0 aliphatic heterocycles. The fraction of sp³-hybridized carbons (Fsp3) is 0.217. The summed E-state index contributed by atoms with van der Waals surface area (Å²) in [6.45, 7) is 0.325. The molecule has 156 valence electrons. The Morgan fingerprint density at radius 2 is 2.19 bits per heavy atom. The predicted molar refractivity (Wildman–Crippen MR) is 118 cm³/mol. The highest BCUT2D eigenvalue weighted by atomic mass is 32.1. The Labute approximate surface area is 183 Å². The van der Waals surface area contributed by atoms with Gasteiger partial charge in [0.1, 0.15) is 11.1 Å². The van der Waals surface area contributed by atoms with Gasteiger partial charge in [-0.3, -0.25) is 14.3 Å². The molecule has 7 nitrogen and oxygen atoms in total. The van der Waals surface area contributed by atoms with Gasteiger partial charge in [0.05, 0.1) is 12.2 Å². The molecule has 1 N–H and O–H groups in total. The summed E-state index contributed by atoms with van der Waals surface area (Å²) < 4.78 is 6.83. The molecule has 8 heteroatoms. The maximum Gasteiger partial charge on any atom is 0.417 e. The maximum atomic E-state index is 12.3. The van der Waals surface area contributed by atoms with E-state index in [4.69, 9.17) is 4.74 Å². The summed E-state index contributed by atoms with van der Waals surface area (Å²) in [7, 11) is 0. The first kappa shape index (κ1) is 20.6. The van der Waals surface area contributed by atoms with Gasteiger partial charge in [0.2, 0.25) is 5.91 Å². The number of nitrogens with one attached hydrogen (secondary N) is 1. The Hall–Kier alpha value is -3.70. The molecule has 0 fully saturated rings. The predicted octanol–water partition coefficient (Wildman–Crippen LogP) is 4.26. The number of ether oxygens (including phenoxy) is 1. The second kappa shape index (κ2) is 9.41. The maximum absolute atomic E-state index is 12.3. The van der Waals surface area contributed by atoms with Crippen molar-refractivity contribution in [3.05, 3.63) is 76.7 Å². The summed E-state index contributed by atoms with van der Waals surface area (Å²) in [6.07, 6.45) is 11.6. The summed E-state index contributed by atoms with van der Waals surface area (Å²) >= 11 is 1.43. The second-order valence-electron chi connectivity index (χ2n) is 7.20. The van der Waals surface area contributed by atoms with Crippen LogP contribution in [0.25, 0.3) is 6.08 Å². The Morgan fingerprint density at radius 1 is 1.35 bits per heavy atom. The number of rotatable bonds is 5. The number of thiophene rings is 1. The minimum Gasteiger partial charge on any atom is -0.449 e. The van der Waals surface area contributed by atoms with Gasteiger partial charge in [0, 0.05) is 35.7 Å². The van der Waals surface area contributed by atoms with Crippen molar-refractivity contribution in [2.45, 2.75) is 19.3 Å². The van der Waals surface area contributed by atoms with Crippen LogP contribution in [-0.2, 0) is 22.4 Å². The zero-order chi connectivity index (χ0) is 21.6. The van der Waals surface area contributed by atoms with E-state index in [1.54, 1.807) is 49.1 Å². The van der Waals surface area contributed by atoms with Crippen LogP contribution in [0.1, 0.15) is 28.0 Å². The first-order valence-corrected chi connectivity index (χ1v) is 10.7. The van der Waals surface area contributed by atoms with Crippen molar-refractivity contribution >= 4 is 34.4 Å². The summed E-state index contributed by atoms with van der Waals surface area (Å²) in [5.74, 6) is -0.109. The SMILES string of the molecule is N#Cc1c(NC(=O)C=Cc2cccnc2)sc2c1CCC(COC(=O)n1cccc1)C2. The molecule has 3 aromatic rings. The highest BCUT2D eigenvalue weighted by molar-refractivity contribution is 7.16.